The highest BCUT2D eigenvalue weighted by molar-refractivity contribution is 6.49. The van der Waals surface area contributed by atoms with E-state index in [-0.39, 0.29) is 18.2 Å². The minimum absolute atomic E-state index is 0. The summed E-state index contributed by atoms with van der Waals surface area (Å²) in [7, 11) is 3.00. The summed E-state index contributed by atoms with van der Waals surface area (Å²) < 4.78 is 10.5. The van der Waals surface area contributed by atoms with Crippen LogP contribution in [0.2, 0.25) is 0 Å². The molecule has 8 heteroatoms. The molecule has 0 bridgehead atoms. The summed E-state index contributed by atoms with van der Waals surface area (Å²) in [5, 5.41) is 2.68. The lowest BCUT2D eigenvalue weighted by molar-refractivity contribution is -0.112. The second kappa shape index (κ2) is 12.4. The first-order valence-corrected chi connectivity index (χ1v) is 11.7. The number of nitrogens with one attached hydrogen (secondary N) is 1. The smallest absolute Gasteiger partial charge is 0.255 e. The van der Waals surface area contributed by atoms with Crippen LogP contribution in [0.25, 0.3) is 0 Å². The number of ketones is 1. The Kier molecular flexibility index (Phi) is 9.87. The lowest BCUT2D eigenvalue weighted by Gasteiger charge is -2.22. The molecule has 192 valence electrons. The lowest BCUT2D eigenvalue weighted by Crippen LogP contribution is -2.31. The van der Waals surface area contributed by atoms with Crippen molar-refractivity contribution in [3.63, 3.8) is 0 Å². The number of anilines is 1. The van der Waals surface area contributed by atoms with Crippen LogP contribution in [0, 0.1) is 6.92 Å². The Balaban J connectivity index is 0.00000456. The molecule has 0 unspecified atom stereocenters. The largest absolute Gasteiger partial charge is 0.493 e. The second-order valence-corrected chi connectivity index (χ2v) is 8.37. The van der Waals surface area contributed by atoms with Gasteiger partial charge in [-0.2, -0.15) is 0 Å². The molecule has 0 saturated heterocycles. The predicted octanol–water partition coefficient (Wildman–Crippen LogP) is 5.98. The molecule has 0 atom stereocenters. The van der Waals surface area contributed by atoms with E-state index in [9.17, 15) is 9.59 Å². The highest BCUT2D eigenvalue weighted by Gasteiger charge is 2.26. The van der Waals surface area contributed by atoms with E-state index in [4.69, 9.17) is 26.1 Å². The van der Waals surface area contributed by atoms with E-state index in [0.29, 0.717) is 28.3 Å². The average Bonchev–Trinajstić information content (AvgIpc) is 2.87. The maximum absolute atomic E-state index is 12.9. The molecule has 0 radical (unpaired) electrons. The summed E-state index contributed by atoms with van der Waals surface area (Å²) in [6.07, 6.45) is 1.56. The van der Waals surface area contributed by atoms with Gasteiger partial charge in [-0.05, 0) is 81.3 Å². The van der Waals surface area contributed by atoms with Crippen molar-refractivity contribution in [2.75, 3.05) is 32.2 Å². The van der Waals surface area contributed by atoms with Crippen LogP contribution in [-0.4, -0.2) is 44.7 Å². The molecular formula is C28H34ClN3O4. The Hall–Kier alpha value is -3.58. The normalized spacial score (nSPS) is 14.2. The van der Waals surface area contributed by atoms with Gasteiger partial charge in [-0.15, -0.1) is 0 Å². The minimum Gasteiger partial charge on any atom is -0.493 e. The number of hydrogen-bond acceptors (Lipinski definition) is 6. The van der Waals surface area contributed by atoms with Crippen LogP contribution in [0.4, 0.5) is 11.4 Å². The van der Waals surface area contributed by atoms with Gasteiger partial charge in [-0.3, -0.25) is 9.59 Å². The molecule has 0 saturated carbocycles. The Morgan fingerprint density at radius 2 is 1.69 bits per heavy atom. The molecule has 0 heterocycles. The van der Waals surface area contributed by atoms with Crippen molar-refractivity contribution in [1.29, 1.82) is 0 Å². The molecule has 2 aromatic carbocycles. The zero-order valence-electron chi connectivity index (χ0n) is 20.9. The molecule has 2 aromatic rings. The highest BCUT2D eigenvalue weighted by Crippen LogP contribution is 2.30. The van der Waals surface area contributed by atoms with Crippen LogP contribution in [0.3, 0.4) is 0 Å². The topological polar surface area (TPSA) is 80.2 Å². The number of aliphatic imine (C=N–C) groups is 1. The van der Waals surface area contributed by atoms with E-state index in [1.54, 1.807) is 31.2 Å². The number of ether oxygens (including phenoxy) is 2. The monoisotopic (exact) mass is 511 g/mol. The molecular weight excluding hydrogens is 478 g/mol. The third kappa shape index (κ3) is 5.97. The van der Waals surface area contributed by atoms with Crippen molar-refractivity contribution in [3.05, 3.63) is 69.9 Å². The van der Waals surface area contributed by atoms with E-state index in [1.807, 2.05) is 19.1 Å². The van der Waals surface area contributed by atoms with Gasteiger partial charge < -0.3 is 19.7 Å². The third-order valence-corrected chi connectivity index (χ3v) is 6.34. The number of aryl methyl sites for hydroxylation is 1. The molecule has 36 heavy (non-hydrogen) atoms. The first-order valence-electron chi connectivity index (χ1n) is 11.3. The summed E-state index contributed by atoms with van der Waals surface area (Å²) in [5.74, 6) is -0.0432. The predicted molar refractivity (Wildman–Crippen MR) is 147 cm³/mol. The van der Waals surface area contributed by atoms with Crippen molar-refractivity contribution in [2.45, 2.75) is 35.1 Å². The fraction of sp³-hybridized carbons (Fsp3) is 0.321. The molecule has 1 N–H and O–H groups in total. The van der Waals surface area contributed by atoms with Crippen LogP contribution in [-0.2, 0) is 4.79 Å². The Labute approximate surface area is 218 Å². The van der Waals surface area contributed by atoms with Crippen molar-refractivity contribution in [3.8, 4) is 11.5 Å². The standard InChI is InChI=1S/C27H30ClN3O4.CH4/c1-7-31(8-2)19-10-11-20(16(3)13-19)29-21-15-22(26(32)25(28)17(21)4)30-27(33)18-9-12-23(34-5)24(14-18)35-6;/h9-15H,7-8H2,1-6H3,(H,30,33);1H4. The number of allylic oxidation sites excluding steroid dienone is 3. The van der Waals surface area contributed by atoms with Crippen LogP contribution >= 0.6 is 11.6 Å². The highest BCUT2D eigenvalue weighted by atomic mass is 35.5. The Bertz CT molecular complexity index is 1240. The van der Waals surface area contributed by atoms with E-state index in [2.05, 4.69) is 30.1 Å². The summed E-state index contributed by atoms with van der Waals surface area (Å²) >= 11 is 6.35. The average molecular weight is 512 g/mol. The van der Waals surface area contributed by atoms with Crippen LogP contribution in [0.15, 0.2) is 63.8 Å². The second-order valence-electron chi connectivity index (χ2n) is 7.99. The zero-order valence-corrected chi connectivity index (χ0v) is 21.6. The molecule has 0 spiro atoms. The molecule has 1 aliphatic carbocycles. The van der Waals surface area contributed by atoms with Gasteiger partial charge >= 0.3 is 0 Å². The fourth-order valence-electron chi connectivity index (χ4n) is 3.77. The van der Waals surface area contributed by atoms with Gasteiger partial charge in [-0.1, -0.05) is 19.0 Å². The summed E-state index contributed by atoms with van der Waals surface area (Å²) in [5.41, 5.74) is 4.29. The maximum Gasteiger partial charge on any atom is 0.255 e. The number of benzene rings is 2. The first kappa shape index (κ1) is 28.7. The van der Waals surface area contributed by atoms with Crippen molar-refractivity contribution in [1.82, 2.24) is 5.32 Å². The van der Waals surface area contributed by atoms with Crippen LogP contribution in [0.5, 0.6) is 11.5 Å². The molecule has 0 aliphatic heterocycles. The first-order chi connectivity index (χ1) is 16.7. The molecule has 7 nitrogen and oxygen atoms in total. The van der Waals surface area contributed by atoms with Crippen molar-refractivity contribution >= 4 is 40.4 Å². The number of Topliss-reactive ketones (excluding diaryl/α,β-unsaturated/α-hetero) is 1. The van der Waals surface area contributed by atoms with Crippen molar-refractivity contribution in [2.24, 2.45) is 4.99 Å². The maximum atomic E-state index is 12.9. The third-order valence-electron chi connectivity index (χ3n) is 5.88. The fourth-order valence-corrected chi connectivity index (χ4v) is 3.97. The Morgan fingerprint density at radius 1 is 1.03 bits per heavy atom. The summed E-state index contributed by atoms with van der Waals surface area (Å²) in [6.45, 7) is 9.78. The summed E-state index contributed by atoms with van der Waals surface area (Å²) in [6, 6.07) is 10.8. The van der Waals surface area contributed by atoms with Gasteiger partial charge in [-0.25, -0.2) is 4.99 Å². The number of halogens is 1. The van der Waals surface area contributed by atoms with Crippen LogP contribution in [0.1, 0.15) is 44.1 Å². The van der Waals surface area contributed by atoms with Gasteiger partial charge in [0.25, 0.3) is 5.91 Å². The number of rotatable bonds is 8. The summed E-state index contributed by atoms with van der Waals surface area (Å²) in [4.78, 5) is 32.7. The van der Waals surface area contributed by atoms with Gasteiger partial charge in [0.1, 0.15) is 0 Å². The number of hydrogen-bond donors (Lipinski definition) is 1. The molecule has 0 fully saturated rings. The number of amides is 1. The van der Waals surface area contributed by atoms with Gasteiger partial charge in [0.2, 0.25) is 5.78 Å². The number of carbonyl (C=O) groups excluding carboxylic acids is 2. The van der Waals surface area contributed by atoms with Crippen molar-refractivity contribution < 1.29 is 19.1 Å². The van der Waals surface area contributed by atoms with E-state index >= 15 is 0 Å². The zero-order chi connectivity index (χ0) is 25.7. The SMILES string of the molecule is C.CCN(CC)c1ccc(N=C2C=C(NC(=O)c3ccc(OC)c(OC)c3)C(=O)C(Cl)=C2C)c(C)c1. The van der Waals surface area contributed by atoms with E-state index in [0.717, 1.165) is 30.0 Å². The van der Waals surface area contributed by atoms with Gasteiger partial charge in [0, 0.05) is 24.3 Å². The number of carbonyl (C=O) groups is 2. The van der Waals surface area contributed by atoms with Gasteiger partial charge in [0.15, 0.2) is 11.5 Å². The minimum atomic E-state index is -0.478. The Morgan fingerprint density at radius 3 is 2.28 bits per heavy atom. The quantitative estimate of drug-likeness (QED) is 0.441. The van der Waals surface area contributed by atoms with Crippen LogP contribution < -0.4 is 19.7 Å². The molecule has 1 aliphatic rings. The lowest BCUT2D eigenvalue weighted by atomic mass is 10.0. The molecule has 3 rings (SSSR count). The molecule has 1 amide bonds. The van der Waals surface area contributed by atoms with Gasteiger partial charge in [0.05, 0.1) is 36.3 Å². The molecule has 0 aromatic heterocycles. The van der Waals surface area contributed by atoms with E-state index < -0.39 is 11.7 Å². The number of methoxy groups -OCH3 is 2. The number of nitrogens with zero attached hydrogens (tertiary/aromatic N) is 2. The van der Waals surface area contributed by atoms with E-state index in [1.165, 1.54) is 14.2 Å².